The highest BCUT2D eigenvalue weighted by molar-refractivity contribution is 5.76. The molecule has 1 N–H and O–H groups in total. The maximum Gasteiger partial charge on any atom is 0.222 e. The van der Waals surface area contributed by atoms with E-state index in [1.165, 1.54) is 12.1 Å². The number of anilines is 2. The summed E-state index contributed by atoms with van der Waals surface area (Å²) in [6.07, 6.45) is 6.71. The second-order valence-electron chi connectivity index (χ2n) is 7.80. The largest absolute Gasteiger partial charge is 0.342 e. The third-order valence-electron chi connectivity index (χ3n) is 5.42. The minimum atomic E-state index is -0.314. The van der Waals surface area contributed by atoms with Gasteiger partial charge in [0.15, 0.2) is 0 Å². The summed E-state index contributed by atoms with van der Waals surface area (Å²) in [6.45, 7) is 3.43. The summed E-state index contributed by atoms with van der Waals surface area (Å²) < 4.78 is 13.6. The summed E-state index contributed by atoms with van der Waals surface area (Å²) >= 11 is 0. The SMILES string of the molecule is CCCC(=O)N1CCCC(c2nc(Nc3cccc(F)c3)cc(-c3ccncc3)n2)C1. The first-order chi connectivity index (χ1) is 15.1. The monoisotopic (exact) mass is 419 g/mol. The van der Waals surface area contributed by atoms with Crippen molar-refractivity contribution in [1.82, 2.24) is 19.9 Å². The molecule has 3 aromatic rings. The van der Waals surface area contributed by atoms with Gasteiger partial charge in [-0.1, -0.05) is 13.0 Å². The van der Waals surface area contributed by atoms with E-state index in [4.69, 9.17) is 9.97 Å². The van der Waals surface area contributed by atoms with E-state index in [1.807, 2.05) is 30.0 Å². The summed E-state index contributed by atoms with van der Waals surface area (Å²) in [5.74, 6) is 1.23. The van der Waals surface area contributed by atoms with Crippen LogP contribution in [0, 0.1) is 5.82 Å². The Morgan fingerprint density at radius 1 is 1.19 bits per heavy atom. The van der Waals surface area contributed by atoms with Gasteiger partial charge in [-0.05, 0) is 49.6 Å². The van der Waals surface area contributed by atoms with Gasteiger partial charge in [0.2, 0.25) is 5.91 Å². The normalized spacial score (nSPS) is 16.2. The molecule has 3 heterocycles. The number of carbonyl (C=O) groups excluding carboxylic acids is 1. The number of pyridine rings is 1. The van der Waals surface area contributed by atoms with Crippen molar-refractivity contribution in [2.24, 2.45) is 0 Å². The van der Waals surface area contributed by atoms with Crippen LogP contribution >= 0.6 is 0 Å². The van der Waals surface area contributed by atoms with Crippen LogP contribution in [-0.2, 0) is 4.79 Å². The fraction of sp³-hybridized carbons (Fsp3) is 0.333. The number of nitrogens with zero attached hydrogens (tertiary/aromatic N) is 4. The Morgan fingerprint density at radius 3 is 2.81 bits per heavy atom. The van der Waals surface area contributed by atoms with Crippen molar-refractivity contribution in [2.45, 2.75) is 38.5 Å². The number of carbonyl (C=O) groups is 1. The van der Waals surface area contributed by atoms with Gasteiger partial charge in [-0.15, -0.1) is 0 Å². The molecule has 0 aliphatic carbocycles. The van der Waals surface area contributed by atoms with Crippen LogP contribution in [0.3, 0.4) is 0 Å². The number of likely N-dealkylation sites (tertiary alicyclic amines) is 1. The second-order valence-corrected chi connectivity index (χ2v) is 7.80. The average molecular weight is 420 g/mol. The molecule has 6 nitrogen and oxygen atoms in total. The van der Waals surface area contributed by atoms with Crippen LogP contribution in [0.4, 0.5) is 15.9 Å². The van der Waals surface area contributed by atoms with Gasteiger partial charge in [0.25, 0.3) is 0 Å². The molecule has 1 aliphatic heterocycles. The van der Waals surface area contributed by atoms with Gasteiger partial charge in [-0.2, -0.15) is 0 Å². The maximum absolute atomic E-state index is 13.6. The number of hydrogen-bond acceptors (Lipinski definition) is 5. The molecule has 1 amide bonds. The summed E-state index contributed by atoms with van der Waals surface area (Å²) in [4.78, 5) is 28.0. The molecule has 1 aromatic carbocycles. The van der Waals surface area contributed by atoms with Crippen molar-refractivity contribution in [2.75, 3.05) is 18.4 Å². The lowest BCUT2D eigenvalue weighted by Crippen LogP contribution is -2.39. The van der Waals surface area contributed by atoms with E-state index in [0.717, 1.165) is 37.1 Å². The van der Waals surface area contributed by atoms with Crippen molar-refractivity contribution in [1.29, 1.82) is 0 Å². The number of rotatable bonds is 6. The van der Waals surface area contributed by atoms with Crippen LogP contribution in [0.5, 0.6) is 0 Å². The lowest BCUT2D eigenvalue weighted by molar-refractivity contribution is -0.132. The highest BCUT2D eigenvalue weighted by Gasteiger charge is 2.27. The summed E-state index contributed by atoms with van der Waals surface area (Å²) in [5, 5.41) is 3.20. The molecule has 1 unspecified atom stereocenters. The first-order valence-electron chi connectivity index (χ1n) is 10.7. The number of nitrogens with one attached hydrogen (secondary N) is 1. The third kappa shape index (κ3) is 5.23. The minimum absolute atomic E-state index is 0.0596. The zero-order valence-corrected chi connectivity index (χ0v) is 17.6. The number of hydrogen-bond donors (Lipinski definition) is 1. The maximum atomic E-state index is 13.6. The van der Waals surface area contributed by atoms with E-state index in [2.05, 4.69) is 10.3 Å². The standard InChI is InChI=1S/C24H26FN5O/c1-2-5-23(31)30-13-4-6-18(16-30)24-28-21(17-9-11-26-12-10-17)15-22(29-24)27-20-8-3-7-19(25)14-20/h3,7-12,14-15,18H,2,4-6,13,16H2,1H3,(H,27,28,29). The Kier molecular flexibility index (Phi) is 6.50. The molecule has 0 spiro atoms. The molecule has 7 heteroatoms. The Bertz CT molecular complexity index is 1040. The van der Waals surface area contributed by atoms with E-state index < -0.39 is 0 Å². The van der Waals surface area contributed by atoms with Crippen molar-refractivity contribution >= 4 is 17.4 Å². The van der Waals surface area contributed by atoms with E-state index in [-0.39, 0.29) is 17.6 Å². The molecule has 1 aliphatic rings. The lowest BCUT2D eigenvalue weighted by Gasteiger charge is -2.32. The van der Waals surface area contributed by atoms with Crippen molar-refractivity contribution in [3.05, 3.63) is 66.5 Å². The highest BCUT2D eigenvalue weighted by atomic mass is 19.1. The number of aromatic nitrogens is 3. The molecule has 31 heavy (non-hydrogen) atoms. The van der Waals surface area contributed by atoms with Crippen LogP contribution in [0.1, 0.15) is 44.3 Å². The van der Waals surface area contributed by atoms with Crippen LogP contribution in [0.15, 0.2) is 54.9 Å². The minimum Gasteiger partial charge on any atom is -0.342 e. The van der Waals surface area contributed by atoms with Gasteiger partial charge >= 0.3 is 0 Å². The van der Waals surface area contributed by atoms with Gasteiger partial charge < -0.3 is 10.2 Å². The molecule has 0 bridgehead atoms. The first-order valence-corrected chi connectivity index (χ1v) is 10.7. The molecule has 1 saturated heterocycles. The molecule has 0 radical (unpaired) electrons. The van der Waals surface area contributed by atoms with Crippen LogP contribution in [0.25, 0.3) is 11.3 Å². The molecule has 0 saturated carbocycles. The number of piperidine rings is 1. The second kappa shape index (κ2) is 9.64. The fourth-order valence-electron chi connectivity index (χ4n) is 3.88. The van der Waals surface area contributed by atoms with Crippen molar-refractivity contribution < 1.29 is 9.18 Å². The lowest BCUT2D eigenvalue weighted by atomic mass is 9.96. The van der Waals surface area contributed by atoms with Crippen LogP contribution < -0.4 is 5.32 Å². The molecule has 4 rings (SSSR count). The zero-order valence-electron chi connectivity index (χ0n) is 17.6. The fourth-order valence-corrected chi connectivity index (χ4v) is 3.88. The molecule has 2 aromatic heterocycles. The number of halogens is 1. The van der Waals surface area contributed by atoms with E-state index in [9.17, 15) is 9.18 Å². The van der Waals surface area contributed by atoms with E-state index >= 15 is 0 Å². The Labute approximate surface area is 181 Å². The molecular weight excluding hydrogens is 393 g/mol. The van der Waals surface area contributed by atoms with Gasteiger partial charge in [0.1, 0.15) is 17.5 Å². The third-order valence-corrected chi connectivity index (χ3v) is 5.42. The zero-order chi connectivity index (χ0) is 21.6. The quantitative estimate of drug-likeness (QED) is 0.614. The smallest absolute Gasteiger partial charge is 0.222 e. The summed E-state index contributed by atoms with van der Waals surface area (Å²) in [5.41, 5.74) is 2.31. The highest BCUT2D eigenvalue weighted by Crippen LogP contribution is 2.29. The Balaban J connectivity index is 1.67. The molecular formula is C24H26FN5O. The summed E-state index contributed by atoms with van der Waals surface area (Å²) in [7, 11) is 0. The van der Waals surface area contributed by atoms with Gasteiger partial charge in [-0.25, -0.2) is 14.4 Å². The topological polar surface area (TPSA) is 71.0 Å². The van der Waals surface area contributed by atoms with Gasteiger partial charge in [-0.3, -0.25) is 9.78 Å². The molecule has 1 fully saturated rings. The predicted octanol–water partition coefficient (Wildman–Crippen LogP) is 4.93. The molecule has 1 atom stereocenters. The Hall–Kier alpha value is -3.35. The number of benzene rings is 1. The average Bonchev–Trinajstić information content (AvgIpc) is 2.80. The van der Waals surface area contributed by atoms with Crippen LogP contribution in [-0.4, -0.2) is 38.8 Å². The van der Waals surface area contributed by atoms with Gasteiger partial charge in [0.05, 0.1) is 5.69 Å². The Morgan fingerprint density at radius 2 is 2.03 bits per heavy atom. The van der Waals surface area contributed by atoms with E-state index in [1.54, 1.807) is 24.5 Å². The molecule has 160 valence electrons. The van der Waals surface area contributed by atoms with E-state index in [0.29, 0.717) is 30.3 Å². The van der Waals surface area contributed by atoms with Crippen molar-refractivity contribution in [3.8, 4) is 11.3 Å². The number of amides is 1. The van der Waals surface area contributed by atoms with Gasteiger partial charge in [0, 0.05) is 55.1 Å². The first kappa shape index (κ1) is 20.9. The summed E-state index contributed by atoms with van der Waals surface area (Å²) in [6, 6.07) is 11.9. The van der Waals surface area contributed by atoms with Crippen molar-refractivity contribution in [3.63, 3.8) is 0 Å². The van der Waals surface area contributed by atoms with Crippen LogP contribution in [0.2, 0.25) is 0 Å². The predicted molar refractivity (Wildman–Crippen MR) is 118 cm³/mol.